The van der Waals surface area contributed by atoms with Gasteiger partial charge in [0.05, 0.1) is 6.04 Å². The quantitative estimate of drug-likeness (QED) is 0.803. The predicted molar refractivity (Wildman–Crippen MR) is 82.7 cm³/mol. The van der Waals surface area contributed by atoms with Crippen LogP contribution in [0.4, 0.5) is 5.82 Å². The van der Waals surface area contributed by atoms with Gasteiger partial charge in [-0.25, -0.2) is 0 Å². The molecule has 0 saturated carbocycles. The normalized spacial score (nSPS) is 21.3. The monoisotopic (exact) mass is 295 g/mol. The van der Waals surface area contributed by atoms with Crippen LogP contribution >= 0.6 is 0 Å². The van der Waals surface area contributed by atoms with Crippen LogP contribution in [0.1, 0.15) is 23.9 Å². The minimum absolute atomic E-state index is 0.0562. The summed E-state index contributed by atoms with van der Waals surface area (Å²) in [6.45, 7) is 2.65. The Morgan fingerprint density at radius 3 is 2.86 bits per heavy atom. The molecule has 3 heterocycles. The fourth-order valence-corrected chi connectivity index (χ4v) is 2.87. The second kappa shape index (κ2) is 5.38. The van der Waals surface area contributed by atoms with Crippen molar-refractivity contribution in [2.24, 2.45) is 0 Å². The molecule has 0 spiro atoms. The molecule has 112 valence electrons. The van der Waals surface area contributed by atoms with E-state index in [0.717, 1.165) is 30.3 Å². The summed E-state index contributed by atoms with van der Waals surface area (Å²) < 4.78 is 7.64. The Kier molecular flexibility index (Phi) is 3.23. The number of rotatable bonds is 3. The van der Waals surface area contributed by atoms with Crippen LogP contribution in [0.3, 0.4) is 0 Å². The molecule has 0 aliphatic carbocycles. The highest BCUT2D eigenvalue weighted by Gasteiger charge is 2.29. The van der Waals surface area contributed by atoms with Crippen LogP contribution in [0, 0.1) is 6.92 Å². The van der Waals surface area contributed by atoms with Crippen molar-refractivity contribution in [2.45, 2.75) is 25.5 Å². The first-order valence-electron chi connectivity index (χ1n) is 7.43. The van der Waals surface area contributed by atoms with Gasteiger partial charge in [-0.2, -0.15) is 4.52 Å². The molecule has 3 aromatic rings. The second-order valence-corrected chi connectivity index (χ2v) is 5.48. The average Bonchev–Trinajstić information content (AvgIpc) is 3.16. The van der Waals surface area contributed by atoms with Crippen LogP contribution in [-0.4, -0.2) is 32.5 Å². The van der Waals surface area contributed by atoms with Crippen LogP contribution < -0.4 is 5.32 Å². The molecule has 0 radical (unpaired) electrons. The fourth-order valence-electron chi connectivity index (χ4n) is 2.87. The van der Waals surface area contributed by atoms with Crippen molar-refractivity contribution in [3.8, 4) is 0 Å². The maximum absolute atomic E-state index is 5.90. The van der Waals surface area contributed by atoms with Crippen molar-refractivity contribution >= 4 is 11.5 Å². The number of benzene rings is 1. The van der Waals surface area contributed by atoms with Gasteiger partial charge in [-0.15, -0.1) is 15.3 Å². The average molecular weight is 295 g/mol. The van der Waals surface area contributed by atoms with Gasteiger partial charge in [0.15, 0.2) is 11.5 Å². The van der Waals surface area contributed by atoms with E-state index in [4.69, 9.17) is 4.74 Å². The van der Waals surface area contributed by atoms with Crippen molar-refractivity contribution in [3.05, 3.63) is 53.9 Å². The second-order valence-electron chi connectivity index (χ2n) is 5.48. The highest BCUT2D eigenvalue weighted by molar-refractivity contribution is 5.45. The molecule has 6 nitrogen and oxygen atoms in total. The molecule has 0 bridgehead atoms. The summed E-state index contributed by atoms with van der Waals surface area (Å²) in [5.74, 6) is 1.59. The first kappa shape index (κ1) is 13.2. The number of hydrogen-bond acceptors (Lipinski definition) is 5. The first-order valence-corrected chi connectivity index (χ1v) is 7.43. The van der Waals surface area contributed by atoms with E-state index >= 15 is 0 Å². The molecule has 22 heavy (non-hydrogen) atoms. The minimum atomic E-state index is 0.0562. The van der Waals surface area contributed by atoms with Gasteiger partial charge < -0.3 is 10.1 Å². The molecule has 2 atom stereocenters. The van der Waals surface area contributed by atoms with Gasteiger partial charge in [0.25, 0.3) is 0 Å². The topological polar surface area (TPSA) is 64.3 Å². The first-order chi connectivity index (χ1) is 10.8. The largest absolute Gasteiger partial charge is 0.371 e. The van der Waals surface area contributed by atoms with Crippen molar-refractivity contribution in [1.82, 2.24) is 19.8 Å². The summed E-state index contributed by atoms with van der Waals surface area (Å²) in [6, 6.07) is 14.4. The molecule has 6 heteroatoms. The van der Waals surface area contributed by atoms with Crippen molar-refractivity contribution in [2.75, 3.05) is 11.9 Å². The van der Waals surface area contributed by atoms with Gasteiger partial charge in [0.2, 0.25) is 0 Å². The Morgan fingerprint density at radius 1 is 1.14 bits per heavy atom. The third-order valence-corrected chi connectivity index (χ3v) is 3.97. The van der Waals surface area contributed by atoms with Crippen molar-refractivity contribution in [3.63, 3.8) is 0 Å². The highest BCUT2D eigenvalue weighted by Crippen LogP contribution is 2.30. The Balaban J connectivity index is 1.59. The summed E-state index contributed by atoms with van der Waals surface area (Å²) in [6.07, 6.45) is 1.01. The molecule has 1 aliphatic heterocycles. The molecule has 2 aromatic heterocycles. The van der Waals surface area contributed by atoms with E-state index in [-0.39, 0.29) is 12.1 Å². The van der Waals surface area contributed by atoms with E-state index in [1.807, 2.05) is 37.3 Å². The van der Waals surface area contributed by atoms with Gasteiger partial charge in [0.1, 0.15) is 11.9 Å². The standard InChI is InChI=1S/C16H17N5O/c1-11-18-19-15-8-7-14(20-21(11)15)17-13-9-10-22-16(13)12-5-3-2-4-6-12/h2-8,13,16H,9-10H2,1H3,(H,17,20)/t13-,16+/m0/s1. The Hall–Kier alpha value is -2.47. The highest BCUT2D eigenvalue weighted by atomic mass is 16.5. The number of fused-ring (bicyclic) bond motifs is 1. The van der Waals surface area contributed by atoms with E-state index in [1.165, 1.54) is 5.56 Å². The molecular formula is C16H17N5O. The van der Waals surface area contributed by atoms with Crippen LogP contribution in [0.15, 0.2) is 42.5 Å². The zero-order chi connectivity index (χ0) is 14.9. The van der Waals surface area contributed by atoms with Crippen molar-refractivity contribution < 1.29 is 4.74 Å². The molecule has 1 saturated heterocycles. The number of nitrogens with zero attached hydrogens (tertiary/aromatic N) is 4. The maximum Gasteiger partial charge on any atom is 0.178 e. The summed E-state index contributed by atoms with van der Waals surface area (Å²) >= 11 is 0. The van der Waals surface area contributed by atoms with Crippen LogP contribution in [0.5, 0.6) is 0 Å². The number of ether oxygens (including phenoxy) is 1. The maximum atomic E-state index is 5.90. The molecule has 0 unspecified atom stereocenters. The molecule has 1 aromatic carbocycles. The number of aryl methyl sites for hydroxylation is 1. The lowest BCUT2D eigenvalue weighted by molar-refractivity contribution is 0.107. The van der Waals surface area contributed by atoms with E-state index in [9.17, 15) is 0 Å². The van der Waals surface area contributed by atoms with E-state index in [0.29, 0.717) is 0 Å². The Morgan fingerprint density at radius 2 is 2.00 bits per heavy atom. The molecule has 1 fully saturated rings. The predicted octanol–water partition coefficient (Wildman–Crippen LogP) is 2.37. The lowest BCUT2D eigenvalue weighted by atomic mass is 10.0. The van der Waals surface area contributed by atoms with Crippen LogP contribution in [0.25, 0.3) is 5.65 Å². The van der Waals surface area contributed by atoms with Gasteiger partial charge >= 0.3 is 0 Å². The lowest BCUT2D eigenvalue weighted by Gasteiger charge is -2.20. The van der Waals surface area contributed by atoms with Gasteiger partial charge in [-0.3, -0.25) is 0 Å². The van der Waals surface area contributed by atoms with Gasteiger partial charge in [-0.1, -0.05) is 30.3 Å². The fraction of sp³-hybridized carbons (Fsp3) is 0.312. The summed E-state index contributed by atoms with van der Waals surface area (Å²) in [5, 5.41) is 16.1. The Labute approximate surface area is 128 Å². The van der Waals surface area contributed by atoms with Gasteiger partial charge in [0, 0.05) is 6.61 Å². The molecule has 1 N–H and O–H groups in total. The van der Waals surface area contributed by atoms with Crippen LogP contribution in [0.2, 0.25) is 0 Å². The van der Waals surface area contributed by atoms with Crippen LogP contribution in [-0.2, 0) is 4.74 Å². The third kappa shape index (κ3) is 2.31. The Bertz CT molecular complexity index is 786. The lowest BCUT2D eigenvalue weighted by Crippen LogP contribution is -2.24. The summed E-state index contributed by atoms with van der Waals surface area (Å²) in [7, 11) is 0. The SMILES string of the molecule is Cc1nnc2ccc(N[C@H]3CCO[C@@H]3c3ccccc3)nn12. The molecular weight excluding hydrogens is 278 g/mol. The smallest absolute Gasteiger partial charge is 0.178 e. The number of anilines is 1. The molecule has 0 amide bonds. The van der Waals surface area contributed by atoms with Crippen molar-refractivity contribution in [1.29, 1.82) is 0 Å². The molecule has 1 aliphatic rings. The summed E-state index contributed by atoms with van der Waals surface area (Å²) in [4.78, 5) is 0. The minimum Gasteiger partial charge on any atom is -0.371 e. The van der Waals surface area contributed by atoms with E-state index in [2.05, 4.69) is 32.7 Å². The van der Waals surface area contributed by atoms with E-state index < -0.39 is 0 Å². The third-order valence-electron chi connectivity index (χ3n) is 3.97. The van der Waals surface area contributed by atoms with Gasteiger partial charge in [-0.05, 0) is 31.0 Å². The molecule has 4 rings (SSSR count). The number of aromatic nitrogens is 4. The zero-order valence-corrected chi connectivity index (χ0v) is 12.3. The zero-order valence-electron chi connectivity index (χ0n) is 12.3. The number of nitrogens with one attached hydrogen (secondary N) is 1. The number of hydrogen-bond donors (Lipinski definition) is 1. The summed E-state index contributed by atoms with van der Waals surface area (Å²) in [5.41, 5.74) is 1.95. The van der Waals surface area contributed by atoms with E-state index in [1.54, 1.807) is 4.52 Å².